The standard InChI is InChI=1S/C11H8ClF3N4/c12-7-1-2-8(10(16)17)9(3-7)19-5-6(4-18-19)11(13,14)15/h1-5H,(H3,16,17). The lowest BCUT2D eigenvalue weighted by Crippen LogP contribution is -2.15. The smallest absolute Gasteiger partial charge is 0.384 e. The van der Waals surface area contributed by atoms with Gasteiger partial charge in [0, 0.05) is 16.8 Å². The van der Waals surface area contributed by atoms with E-state index in [9.17, 15) is 13.2 Å². The molecule has 100 valence electrons. The Morgan fingerprint density at radius 2 is 2.05 bits per heavy atom. The van der Waals surface area contributed by atoms with Gasteiger partial charge in [-0.05, 0) is 18.2 Å². The predicted molar refractivity (Wildman–Crippen MR) is 64.6 cm³/mol. The molecule has 0 saturated heterocycles. The summed E-state index contributed by atoms with van der Waals surface area (Å²) >= 11 is 5.79. The first-order valence-corrected chi connectivity index (χ1v) is 5.43. The number of halogens is 4. The number of amidine groups is 1. The number of nitrogens with one attached hydrogen (secondary N) is 1. The number of nitrogens with zero attached hydrogens (tertiary/aromatic N) is 2. The van der Waals surface area contributed by atoms with Crippen molar-refractivity contribution in [2.24, 2.45) is 5.73 Å². The van der Waals surface area contributed by atoms with Crippen molar-refractivity contribution in [2.75, 3.05) is 0 Å². The third-order valence-corrected chi connectivity index (χ3v) is 2.64. The average Bonchev–Trinajstić information content (AvgIpc) is 2.77. The monoisotopic (exact) mass is 288 g/mol. The summed E-state index contributed by atoms with van der Waals surface area (Å²) in [6.45, 7) is 0. The highest BCUT2D eigenvalue weighted by Gasteiger charge is 2.32. The summed E-state index contributed by atoms with van der Waals surface area (Å²) in [5.74, 6) is -0.282. The number of hydrogen-bond acceptors (Lipinski definition) is 2. The van der Waals surface area contributed by atoms with Crippen LogP contribution in [-0.2, 0) is 6.18 Å². The molecular weight excluding hydrogens is 281 g/mol. The van der Waals surface area contributed by atoms with Crippen LogP contribution in [-0.4, -0.2) is 15.6 Å². The fourth-order valence-electron chi connectivity index (χ4n) is 1.52. The first-order valence-electron chi connectivity index (χ1n) is 5.05. The molecule has 0 saturated carbocycles. The van der Waals surface area contributed by atoms with Crippen LogP contribution in [0.15, 0.2) is 30.6 Å². The summed E-state index contributed by atoms with van der Waals surface area (Å²) in [6.07, 6.45) is -2.96. The Bertz CT molecular complexity index is 633. The zero-order chi connectivity index (χ0) is 14.2. The van der Waals surface area contributed by atoms with Gasteiger partial charge in [-0.15, -0.1) is 0 Å². The van der Waals surface area contributed by atoms with Crippen LogP contribution in [0.3, 0.4) is 0 Å². The van der Waals surface area contributed by atoms with Crippen molar-refractivity contribution >= 4 is 17.4 Å². The highest BCUT2D eigenvalue weighted by molar-refractivity contribution is 6.31. The molecule has 0 aliphatic carbocycles. The van der Waals surface area contributed by atoms with Gasteiger partial charge >= 0.3 is 6.18 Å². The number of nitrogen functional groups attached to an aromatic ring is 1. The van der Waals surface area contributed by atoms with E-state index in [2.05, 4.69) is 5.10 Å². The summed E-state index contributed by atoms with van der Waals surface area (Å²) in [4.78, 5) is 0. The highest BCUT2D eigenvalue weighted by Crippen LogP contribution is 2.29. The SMILES string of the molecule is N=C(N)c1ccc(Cl)cc1-n1cc(C(F)(F)F)cn1. The molecule has 8 heteroatoms. The molecule has 0 bridgehead atoms. The Morgan fingerprint density at radius 1 is 1.37 bits per heavy atom. The molecule has 0 radical (unpaired) electrons. The maximum Gasteiger partial charge on any atom is 0.419 e. The third-order valence-electron chi connectivity index (χ3n) is 2.41. The van der Waals surface area contributed by atoms with E-state index in [4.69, 9.17) is 22.7 Å². The minimum absolute atomic E-state index is 0.218. The van der Waals surface area contributed by atoms with Crippen molar-refractivity contribution in [1.82, 2.24) is 9.78 Å². The number of alkyl halides is 3. The van der Waals surface area contributed by atoms with Gasteiger partial charge in [0.25, 0.3) is 0 Å². The van der Waals surface area contributed by atoms with E-state index in [0.717, 1.165) is 10.9 Å². The minimum atomic E-state index is -4.48. The van der Waals surface area contributed by atoms with Gasteiger partial charge in [-0.2, -0.15) is 18.3 Å². The summed E-state index contributed by atoms with van der Waals surface area (Å²) in [6, 6.07) is 4.34. The third kappa shape index (κ3) is 2.70. The van der Waals surface area contributed by atoms with Crippen LogP contribution < -0.4 is 5.73 Å². The number of rotatable bonds is 2. The van der Waals surface area contributed by atoms with E-state index in [1.165, 1.54) is 18.2 Å². The van der Waals surface area contributed by atoms with Crippen LogP contribution in [0.25, 0.3) is 5.69 Å². The predicted octanol–water partition coefficient (Wildman–Crippen LogP) is 2.83. The van der Waals surface area contributed by atoms with Crippen molar-refractivity contribution in [1.29, 1.82) is 5.41 Å². The Kier molecular flexibility index (Phi) is 3.23. The lowest BCUT2D eigenvalue weighted by atomic mass is 10.1. The molecule has 0 fully saturated rings. The summed E-state index contributed by atoms with van der Waals surface area (Å²) in [5.41, 5.74) is 4.95. The zero-order valence-corrected chi connectivity index (χ0v) is 10.1. The molecule has 0 spiro atoms. The molecule has 2 aromatic rings. The molecule has 0 aliphatic heterocycles. The minimum Gasteiger partial charge on any atom is -0.384 e. The molecule has 3 N–H and O–H groups in total. The van der Waals surface area contributed by atoms with E-state index in [1.54, 1.807) is 0 Å². The second kappa shape index (κ2) is 4.58. The molecule has 0 aliphatic rings. The van der Waals surface area contributed by atoms with Gasteiger partial charge < -0.3 is 5.73 Å². The molecule has 0 amide bonds. The van der Waals surface area contributed by atoms with Gasteiger partial charge in [-0.3, -0.25) is 5.41 Å². The van der Waals surface area contributed by atoms with Crippen molar-refractivity contribution < 1.29 is 13.2 Å². The molecular formula is C11H8ClF3N4. The van der Waals surface area contributed by atoms with E-state index in [1.807, 2.05) is 0 Å². The van der Waals surface area contributed by atoms with Crippen LogP contribution in [0.1, 0.15) is 11.1 Å². The number of hydrogen-bond donors (Lipinski definition) is 2. The average molecular weight is 289 g/mol. The molecule has 2 rings (SSSR count). The lowest BCUT2D eigenvalue weighted by Gasteiger charge is -2.08. The first-order chi connectivity index (χ1) is 8.79. The Morgan fingerprint density at radius 3 is 2.58 bits per heavy atom. The van der Waals surface area contributed by atoms with E-state index >= 15 is 0 Å². The molecule has 1 heterocycles. The largest absolute Gasteiger partial charge is 0.419 e. The fourth-order valence-corrected chi connectivity index (χ4v) is 1.69. The Balaban J connectivity index is 2.55. The second-order valence-corrected chi connectivity index (χ2v) is 4.18. The molecule has 1 aromatic carbocycles. The Hall–Kier alpha value is -2.02. The van der Waals surface area contributed by atoms with Crippen LogP contribution in [0.5, 0.6) is 0 Å². The number of benzene rings is 1. The molecule has 19 heavy (non-hydrogen) atoms. The van der Waals surface area contributed by atoms with E-state index in [0.29, 0.717) is 11.2 Å². The van der Waals surface area contributed by atoms with Gasteiger partial charge in [-0.1, -0.05) is 11.6 Å². The van der Waals surface area contributed by atoms with Crippen LogP contribution in [0.4, 0.5) is 13.2 Å². The first kappa shape index (κ1) is 13.4. The van der Waals surface area contributed by atoms with Crippen molar-refractivity contribution in [3.8, 4) is 5.69 Å². The van der Waals surface area contributed by atoms with Gasteiger partial charge in [-0.25, -0.2) is 4.68 Å². The highest BCUT2D eigenvalue weighted by atomic mass is 35.5. The van der Waals surface area contributed by atoms with Gasteiger partial charge in [0.05, 0.1) is 17.4 Å². The molecule has 0 unspecified atom stereocenters. The second-order valence-electron chi connectivity index (χ2n) is 3.75. The van der Waals surface area contributed by atoms with E-state index < -0.39 is 11.7 Å². The summed E-state index contributed by atoms with van der Waals surface area (Å²) in [5, 5.41) is 11.3. The van der Waals surface area contributed by atoms with Crippen molar-refractivity contribution in [2.45, 2.75) is 6.18 Å². The topological polar surface area (TPSA) is 67.7 Å². The van der Waals surface area contributed by atoms with E-state index in [-0.39, 0.29) is 17.1 Å². The van der Waals surface area contributed by atoms with Crippen molar-refractivity contribution in [3.63, 3.8) is 0 Å². The maximum absolute atomic E-state index is 12.5. The summed E-state index contributed by atoms with van der Waals surface area (Å²) in [7, 11) is 0. The van der Waals surface area contributed by atoms with Crippen LogP contribution >= 0.6 is 11.6 Å². The van der Waals surface area contributed by atoms with Gasteiger partial charge in [0.15, 0.2) is 0 Å². The maximum atomic E-state index is 12.5. The number of aromatic nitrogens is 2. The zero-order valence-electron chi connectivity index (χ0n) is 9.37. The fraction of sp³-hybridized carbons (Fsp3) is 0.0909. The quantitative estimate of drug-likeness (QED) is 0.659. The Labute approximate surface area is 111 Å². The van der Waals surface area contributed by atoms with Crippen molar-refractivity contribution in [3.05, 3.63) is 46.7 Å². The van der Waals surface area contributed by atoms with Gasteiger partial charge in [0.2, 0.25) is 0 Å². The number of nitrogens with two attached hydrogens (primary N) is 1. The van der Waals surface area contributed by atoms with Crippen LogP contribution in [0.2, 0.25) is 5.02 Å². The lowest BCUT2D eigenvalue weighted by molar-refractivity contribution is -0.137. The molecule has 4 nitrogen and oxygen atoms in total. The molecule has 0 atom stereocenters. The van der Waals surface area contributed by atoms with Crippen LogP contribution in [0, 0.1) is 5.41 Å². The molecule has 1 aromatic heterocycles. The van der Waals surface area contributed by atoms with Gasteiger partial charge in [0.1, 0.15) is 5.84 Å². The normalized spacial score (nSPS) is 11.6. The summed E-state index contributed by atoms with van der Waals surface area (Å²) < 4.78 is 38.5.